The van der Waals surface area contributed by atoms with E-state index in [1.807, 2.05) is 0 Å². The Morgan fingerprint density at radius 1 is 1.10 bits per heavy atom. The van der Waals surface area contributed by atoms with Crippen molar-refractivity contribution in [2.45, 2.75) is 19.4 Å². The third-order valence-electron chi connectivity index (χ3n) is 4.26. The molecule has 0 bridgehead atoms. The fraction of sp³-hybridized carbons (Fsp3) is 0.500. The Morgan fingerprint density at radius 2 is 1.85 bits per heavy atom. The number of nitriles is 1. The molecular formula is C16H19N3O. The lowest BCUT2D eigenvalue weighted by molar-refractivity contribution is 0.0994. The van der Waals surface area contributed by atoms with E-state index in [9.17, 15) is 4.79 Å². The minimum absolute atomic E-state index is 0.292. The van der Waals surface area contributed by atoms with Gasteiger partial charge in [-0.25, -0.2) is 0 Å². The van der Waals surface area contributed by atoms with E-state index < -0.39 is 0 Å². The second-order valence-electron chi connectivity index (χ2n) is 5.63. The van der Waals surface area contributed by atoms with E-state index in [1.165, 1.54) is 11.1 Å². The van der Waals surface area contributed by atoms with Crippen molar-refractivity contribution in [1.82, 2.24) is 9.80 Å². The maximum absolute atomic E-state index is 11.8. The van der Waals surface area contributed by atoms with Gasteiger partial charge in [-0.15, -0.1) is 0 Å². The van der Waals surface area contributed by atoms with Gasteiger partial charge in [-0.2, -0.15) is 5.26 Å². The number of carbonyl (C=O) groups is 1. The highest BCUT2D eigenvalue weighted by atomic mass is 16.1. The second-order valence-corrected chi connectivity index (χ2v) is 5.63. The first-order valence-electron chi connectivity index (χ1n) is 7.23. The first-order chi connectivity index (χ1) is 9.76. The molecule has 1 aliphatic heterocycles. The van der Waals surface area contributed by atoms with Gasteiger partial charge in [-0.1, -0.05) is 12.1 Å². The number of hydrogen-bond acceptors (Lipinski definition) is 4. The molecule has 4 nitrogen and oxygen atoms in total. The van der Waals surface area contributed by atoms with Crippen LogP contribution in [0.25, 0.3) is 0 Å². The van der Waals surface area contributed by atoms with Crippen molar-refractivity contribution in [3.63, 3.8) is 0 Å². The molecule has 1 aromatic rings. The Bertz CT molecular complexity index is 553. The molecule has 0 amide bonds. The number of piperazine rings is 1. The van der Waals surface area contributed by atoms with Crippen LogP contribution in [0.4, 0.5) is 0 Å². The molecule has 0 saturated carbocycles. The Hall–Kier alpha value is -1.70. The largest absolute Gasteiger partial charge is 0.297 e. The molecule has 0 aromatic heterocycles. The Kier molecular flexibility index (Phi) is 3.81. The van der Waals surface area contributed by atoms with Crippen LogP contribution in [0.5, 0.6) is 0 Å². The van der Waals surface area contributed by atoms with Gasteiger partial charge >= 0.3 is 0 Å². The zero-order valence-corrected chi connectivity index (χ0v) is 11.6. The quantitative estimate of drug-likeness (QED) is 0.779. The number of nitrogens with zero attached hydrogens (tertiary/aromatic N) is 3. The van der Waals surface area contributed by atoms with Crippen molar-refractivity contribution in [1.29, 1.82) is 5.26 Å². The summed E-state index contributed by atoms with van der Waals surface area (Å²) in [5.41, 5.74) is 3.37. The number of hydrogen-bond donors (Lipinski definition) is 0. The van der Waals surface area contributed by atoms with Crippen molar-refractivity contribution in [3.05, 3.63) is 34.9 Å². The number of rotatable bonds is 3. The van der Waals surface area contributed by atoms with Crippen LogP contribution in [0.15, 0.2) is 18.2 Å². The molecule has 1 saturated heterocycles. The van der Waals surface area contributed by atoms with Gasteiger partial charge < -0.3 is 0 Å². The lowest BCUT2D eigenvalue weighted by Crippen LogP contribution is -2.45. The molecule has 1 heterocycles. The monoisotopic (exact) mass is 269 g/mol. The van der Waals surface area contributed by atoms with Crippen LogP contribution in [0.3, 0.4) is 0 Å². The van der Waals surface area contributed by atoms with Crippen molar-refractivity contribution in [2.75, 3.05) is 32.7 Å². The zero-order valence-electron chi connectivity index (χ0n) is 11.6. The van der Waals surface area contributed by atoms with Crippen LogP contribution < -0.4 is 0 Å². The molecule has 2 aliphatic rings. The summed E-state index contributed by atoms with van der Waals surface area (Å²) < 4.78 is 0. The summed E-state index contributed by atoms with van der Waals surface area (Å²) in [4.78, 5) is 16.4. The van der Waals surface area contributed by atoms with Gasteiger partial charge in [0.1, 0.15) is 0 Å². The van der Waals surface area contributed by atoms with E-state index in [0.29, 0.717) is 18.7 Å². The average molecular weight is 269 g/mol. The minimum atomic E-state index is 0.292. The maximum atomic E-state index is 11.8. The lowest BCUT2D eigenvalue weighted by atomic mass is 10.1. The zero-order chi connectivity index (χ0) is 13.9. The molecule has 1 aromatic carbocycles. The van der Waals surface area contributed by atoms with Crippen LogP contribution in [-0.4, -0.2) is 48.3 Å². The van der Waals surface area contributed by atoms with Crippen LogP contribution in [0.2, 0.25) is 0 Å². The van der Waals surface area contributed by atoms with Crippen LogP contribution in [0.1, 0.15) is 27.9 Å². The third-order valence-corrected chi connectivity index (χ3v) is 4.26. The van der Waals surface area contributed by atoms with Crippen LogP contribution in [0, 0.1) is 11.3 Å². The summed E-state index contributed by atoms with van der Waals surface area (Å²) in [6.45, 7) is 5.33. The number of benzene rings is 1. The summed E-state index contributed by atoms with van der Waals surface area (Å²) in [7, 11) is 0. The number of ketones is 1. The first-order valence-corrected chi connectivity index (χ1v) is 7.23. The molecule has 1 aliphatic carbocycles. The smallest absolute Gasteiger partial charge is 0.163 e. The van der Waals surface area contributed by atoms with E-state index in [0.717, 1.165) is 44.7 Å². The predicted molar refractivity (Wildman–Crippen MR) is 76.4 cm³/mol. The molecule has 0 unspecified atom stereocenters. The molecule has 0 N–H and O–H groups in total. The number of Topliss-reactive ketones (excluding diaryl/α,β-unsaturated/α-hetero) is 1. The number of carbonyl (C=O) groups excluding carboxylic acids is 1. The standard InChI is InChI=1S/C16H19N3O/c17-5-6-18-7-9-19(10-8-18)12-13-1-2-14-3-4-16(20)15(14)11-13/h1-2,11H,3-4,6-10,12H2. The summed E-state index contributed by atoms with van der Waals surface area (Å²) >= 11 is 0. The third kappa shape index (κ3) is 2.74. The predicted octanol–water partition coefficient (Wildman–Crippen LogP) is 1.46. The lowest BCUT2D eigenvalue weighted by Gasteiger charge is -2.33. The van der Waals surface area contributed by atoms with Gasteiger partial charge in [0.05, 0.1) is 12.6 Å². The molecule has 1 fully saturated rings. The molecule has 4 heteroatoms. The highest BCUT2D eigenvalue weighted by molar-refractivity contribution is 6.00. The Balaban J connectivity index is 1.61. The van der Waals surface area contributed by atoms with E-state index in [2.05, 4.69) is 34.1 Å². The van der Waals surface area contributed by atoms with Crippen LogP contribution >= 0.6 is 0 Å². The van der Waals surface area contributed by atoms with E-state index >= 15 is 0 Å². The van der Waals surface area contributed by atoms with Crippen molar-refractivity contribution in [2.24, 2.45) is 0 Å². The summed E-state index contributed by atoms with van der Waals surface area (Å²) in [6, 6.07) is 8.55. The molecule has 0 spiro atoms. The molecule has 3 rings (SSSR count). The first kappa shape index (κ1) is 13.3. The van der Waals surface area contributed by atoms with Gasteiger partial charge in [-0.05, 0) is 23.6 Å². The molecule has 0 radical (unpaired) electrons. The molecular weight excluding hydrogens is 250 g/mol. The van der Waals surface area contributed by atoms with Crippen LogP contribution in [-0.2, 0) is 13.0 Å². The summed E-state index contributed by atoms with van der Waals surface area (Å²) in [5, 5.41) is 8.70. The maximum Gasteiger partial charge on any atom is 0.163 e. The van der Waals surface area contributed by atoms with Gasteiger partial charge in [0.2, 0.25) is 0 Å². The SMILES string of the molecule is N#CCN1CCN(Cc2ccc3c(c2)C(=O)CC3)CC1. The van der Waals surface area contributed by atoms with Gasteiger partial charge in [0.25, 0.3) is 0 Å². The fourth-order valence-electron chi connectivity index (χ4n) is 3.05. The van der Waals surface area contributed by atoms with E-state index in [4.69, 9.17) is 5.26 Å². The molecule has 104 valence electrons. The molecule has 20 heavy (non-hydrogen) atoms. The fourth-order valence-corrected chi connectivity index (χ4v) is 3.05. The van der Waals surface area contributed by atoms with E-state index in [-0.39, 0.29) is 0 Å². The highest BCUT2D eigenvalue weighted by Crippen LogP contribution is 2.23. The Labute approximate surface area is 119 Å². The minimum Gasteiger partial charge on any atom is -0.297 e. The highest BCUT2D eigenvalue weighted by Gasteiger charge is 2.21. The topological polar surface area (TPSA) is 47.3 Å². The van der Waals surface area contributed by atoms with E-state index in [1.54, 1.807) is 0 Å². The van der Waals surface area contributed by atoms with Gasteiger partial charge in [-0.3, -0.25) is 14.6 Å². The molecule has 0 atom stereocenters. The number of aryl methyl sites for hydroxylation is 1. The van der Waals surface area contributed by atoms with Gasteiger partial charge in [0, 0.05) is 44.7 Å². The van der Waals surface area contributed by atoms with Crippen molar-refractivity contribution in [3.8, 4) is 6.07 Å². The summed E-state index contributed by atoms with van der Waals surface area (Å²) in [5.74, 6) is 0.292. The van der Waals surface area contributed by atoms with Crippen molar-refractivity contribution >= 4 is 5.78 Å². The van der Waals surface area contributed by atoms with Crippen molar-refractivity contribution < 1.29 is 4.79 Å². The summed E-state index contributed by atoms with van der Waals surface area (Å²) in [6.07, 6.45) is 1.58. The Morgan fingerprint density at radius 3 is 2.60 bits per heavy atom. The van der Waals surface area contributed by atoms with Gasteiger partial charge in [0.15, 0.2) is 5.78 Å². The average Bonchev–Trinajstić information content (AvgIpc) is 2.83. The normalized spacial score (nSPS) is 19.9. The number of fused-ring (bicyclic) bond motifs is 1. The second kappa shape index (κ2) is 5.74.